The van der Waals surface area contributed by atoms with Crippen LogP contribution in [-0.4, -0.2) is 17.4 Å². The van der Waals surface area contributed by atoms with E-state index in [4.69, 9.17) is 15.2 Å². The molecule has 0 aliphatic heterocycles. The van der Waals surface area contributed by atoms with E-state index in [9.17, 15) is 4.79 Å². The zero-order chi connectivity index (χ0) is 13.8. The molecule has 0 aromatic rings. The molecule has 4 heteroatoms. The topological polar surface area (TPSA) is 78.2 Å². The minimum atomic E-state index is -0.981. The van der Waals surface area contributed by atoms with Crippen molar-refractivity contribution in [3.05, 3.63) is 50.6 Å². The highest BCUT2D eigenvalue weighted by molar-refractivity contribution is 5.78. The van der Waals surface area contributed by atoms with Crippen molar-refractivity contribution in [2.24, 2.45) is 0 Å². The quantitative estimate of drug-likeness (QED) is 0.337. The van der Waals surface area contributed by atoms with Gasteiger partial charge in [-0.05, 0) is 13.0 Å². The third-order valence-corrected chi connectivity index (χ3v) is 0.362. The molecule has 88 valence electrons. The first-order valence-electron chi connectivity index (χ1n) is 4.01. The van der Waals surface area contributed by atoms with E-state index in [1.54, 1.807) is 12.1 Å². The molecule has 0 aromatic heterocycles. The van der Waals surface area contributed by atoms with Gasteiger partial charge in [0.1, 0.15) is 6.29 Å². The number of aliphatic carboxylic acids is 1. The van der Waals surface area contributed by atoms with Gasteiger partial charge in [0.25, 0.3) is 0 Å². The van der Waals surface area contributed by atoms with Crippen LogP contribution < -0.4 is 0 Å². The number of carbonyl (C=O) groups is 2. The van der Waals surface area contributed by atoms with Gasteiger partial charge in [-0.15, -0.1) is 6.58 Å². The number of hydrogen-bond donors (Lipinski definition) is 1. The Morgan fingerprint density at radius 1 is 1.31 bits per heavy atom. The lowest BCUT2D eigenvalue weighted by atomic mass is 10.7. The van der Waals surface area contributed by atoms with Crippen LogP contribution in [0.5, 0.6) is 0 Å². The summed E-state index contributed by atoms with van der Waals surface area (Å²) >= 11 is 0. The normalized spacial score (nSPS) is 5.00. The van der Waals surface area contributed by atoms with Gasteiger partial charge in [0.15, 0.2) is 0 Å². The average Bonchev–Trinajstić information content (AvgIpc) is 2.30. The minimum Gasteiger partial charge on any atom is -0.478 e. The maximum Gasteiger partial charge on any atom is 0.327 e. The molecule has 4 nitrogen and oxygen atoms in total. The van der Waals surface area contributed by atoms with Crippen molar-refractivity contribution < 1.29 is 14.7 Å². The fraction of sp³-hybridized carbons (Fsp3) is 0.0833. The van der Waals surface area contributed by atoms with Gasteiger partial charge in [0, 0.05) is 12.2 Å². The Bertz CT molecular complexity index is 243. The first-order valence-corrected chi connectivity index (χ1v) is 4.01. The third-order valence-electron chi connectivity index (χ3n) is 0.362. The largest absolute Gasteiger partial charge is 0.478 e. The highest BCUT2D eigenvalue weighted by Crippen LogP contribution is 1.54. The molecule has 0 radical (unpaired) electrons. The summed E-state index contributed by atoms with van der Waals surface area (Å²) < 4.78 is 0. The number of allylic oxidation sites excluding steroid dienone is 3. The summed E-state index contributed by atoms with van der Waals surface area (Å²) in [6.07, 6.45) is 5.60. The molecule has 0 bridgehead atoms. The maximum absolute atomic E-state index is 9.25. The predicted octanol–water partition coefficient (Wildman–Crippen LogP) is 2.52. The molecule has 1 N–H and O–H groups in total. The molecule has 0 saturated heterocycles. The summed E-state index contributed by atoms with van der Waals surface area (Å²) in [5, 5.41) is 15.1. The van der Waals surface area contributed by atoms with E-state index < -0.39 is 5.97 Å². The number of rotatable bonds is 2. The van der Waals surface area contributed by atoms with Gasteiger partial charge in [-0.3, -0.25) is 4.79 Å². The van der Waals surface area contributed by atoms with Crippen LogP contribution in [-0.2, 0) is 9.59 Å². The lowest BCUT2D eigenvalue weighted by molar-refractivity contribution is -0.131. The molecule has 0 heterocycles. The number of carbonyl (C=O) groups excluding carboxylic acids is 1. The van der Waals surface area contributed by atoms with Crippen LogP contribution in [0, 0.1) is 11.3 Å². The standard InChI is InChI=1S/C3H3N.C3H4O2.C3H4O.C3H6/c1-2-3-4;1-2-3(4)5;1-2-3-4;1-3-2/h2H,1H2;2H,1H2,(H,4,5);2-3H,1H2;3H,1H2,2H3. The van der Waals surface area contributed by atoms with E-state index in [0.717, 1.165) is 6.08 Å². The molecule has 0 fully saturated rings. The van der Waals surface area contributed by atoms with Gasteiger partial charge in [-0.25, -0.2) is 4.79 Å². The fourth-order valence-corrected chi connectivity index (χ4v) is 0. The fourth-order valence-electron chi connectivity index (χ4n) is 0. The third kappa shape index (κ3) is 514. The Morgan fingerprint density at radius 2 is 1.50 bits per heavy atom. The summed E-state index contributed by atoms with van der Waals surface area (Å²) in [6.45, 7) is 14.4. The smallest absolute Gasteiger partial charge is 0.327 e. The number of hydrogen-bond acceptors (Lipinski definition) is 3. The SMILES string of the molecule is C=CC.C=CC#N.C=CC(=O)O.C=CC=O. The van der Waals surface area contributed by atoms with Crippen LogP contribution in [0.2, 0.25) is 0 Å². The average molecular weight is 223 g/mol. The van der Waals surface area contributed by atoms with E-state index >= 15 is 0 Å². The second-order valence-electron chi connectivity index (χ2n) is 1.66. The first-order chi connectivity index (χ1) is 7.51. The van der Waals surface area contributed by atoms with Crippen LogP contribution in [0.25, 0.3) is 0 Å². The number of aldehydes is 1. The van der Waals surface area contributed by atoms with Gasteiger partial charge in [-0.2, -0.15) is 5.26 Å². The van der Waals surface area contributed by atoms with Gasteiger partial charge in [0.2, 0.25) is 0 Å². The highest BCUT2D eigenvalue weighted by atomic mass is 16.4. The minimum absolute atomic E-state index is 0.639. The van der Waals surface area contributed by atoms with E-state index in [-0.39, 0.29) is 0 Å². The van der Waals surface area contributed by atoms with Crippen molar-refractivity contribution in [1.29, 1.82) is 5.26 Å². The van der Waals surface area contributed by atoms with Gasteiger partial charge < -0.3 is 5.11 Å². The van der Waals surface area contributed by atoms with Crippen molar-refractivity contribution in [3.8, 4) is 6.07 Å². The Labute approximate surface area is 96.5 Å². The molecular formula is C12H17NO3. The number of carboxylic acid groups (broad SMARTS) is 1. The number of nitrogens with zero attached hydrogens (tertiary/aromatic N) is 1. The van der Waals surface area contributed by atoms with Crippen molar-refractivity contribution in [2.45, 2.75) is 6.92 Å². The molecule has 0 rings (SSSR count). The zero-order valence-electron chi connectivity index (χ0n) is 9.43. The Balaban J connectivity index is -0.0000000610. The first kappa shape index (κ1) is 23.4. The summed E-state index contributed by atoms with van der Waals surface area (Å²) in [5.41, 5.74) is 0. The summed E-state index contributed by atoms with van der Waals surface area (Å²) in [5.74, 6) is -0.981. The molecule has 0 spiro atoms. The second kappa shape index (κ2) is 38.9. The highest BCUT2D eigenvalue weighted by Gasteiger charge is 1.73. The summed E-state index contributed by atoms with van der Waals surface area (Å²) in [4.78, 5) is 18.3. The van der Waals surface area contributed by atoms with Crippen molar-refractivity contribution >= 4 is 12.3 Å². The lowest BCUT2D eigenvalue weighted by Crippen LogP contribution is -1.82. The van der Waals surface area contributed by atoms with Crippen LogP contribution in [0.15, 0.2) is 50.6 Å². The van der Waals surface area contributed by atoms with E-state index in [2.05, 4.69) is 26.3 Å². The van der Waals surface area contributed by atoms with Crippen molar-refractivity contribution in [1.82, 2.24) is 0 Å². The molecule has 0 aliphatic rings. The lowest BCUT2D eigenvalue weighted by Gasteiger charge is -1.64. The van der Waals surface area contributed by atoms with E-state index in [1.807, 2.05) is 6.92 Å². The Kier molecular flexibility index (Phi) is 57.0. The summed E-state index contributed by atoms with van der Waals surface area (Å²) in [7, 11) is 0. The van der Waals surface area contributed by atoms with Gasteiger partial charge >= 0.3 is 5.97 Å². The molecular weight excluding hydrogens is 206 g/mol. The van der Waals surface area contributed by atoms with Crippen molar-refractivity contribution in [2.75, 3.05) is 0 Å². The Hall–Kier alpha value is -2.41. The van der Waals surface area contributed by atoms with Crippen LogP contribution in [0.4, 0.5) is 0 Å². The van der Waals surface area contributed by atoms with Crippen LogP contribution >= 0.6 is 0 Å². The summed E-state index contributed by atoms with van der Waals surface area (Å²) in [6, 6.07) is 1.69. The molecule has 0 aromatic carbocycles. The second-order valence-corrected chi connectivity index (χ2v) is 1.66. The monoisotopic (exact) mass is 223 g/mol. The number of nitriles is 1. The van der Waals surface area contributed by atoms with E-state index in [1.165, 1.54) is 12.2 Å². The van der Waals surface area contributed by atoms with Gasteiger partial charge in [-0.1, -0.05) is 25.8 Å². The molecule has 0 unspecified atom stereocenters. The maximum atomic E-state index is 9.25. The predicted molar refractivity (Wildman–Crippen MR) is 65.8 cm³/mol. The van der Waals surface area contributed by atoms with Gasteiger partial charge in [0.05, 0.1) is 6.07 Å². The number of carboxylic acids is 1. The van der Waals surface area contributed by atoms with Crippen LogP contribution in [0.3, 0.4) is 0 Å². The molecule has 0 saturated carbocycles. The zero-order valence-corrected chi connectivity index (χ0v) is 9.43. The van der Waals surface area contributed by atoms with Crippen molar-refractivity contribution in [3.63, 3.8) is 0 Å². The van der Waals surface area contributed by atoms with Crippen LogP contribution in [0.1, 0.15) is 6.92 Å². The molecule has 0 aliphatic carbocycles. The van der Waals surface area contributed by atoms with E-state index in [0.29, 0.717) is 6.29 Å². The molecule has 16 heavy (non-hydrogen) atoms. The molecule has 0 amide bonds. The molecule has 0 atom stereocenters. The Morgan fingerprint density at radius 3 is 1.50 bits per heavy atom.